The van der Waals surface area contributed by atoms with Gasteiger partial charge in [0.1, 0.15) is 5.58 Å². The third kappa shape index (κ3) is 4.83. The third-order valence-corrected chi connectivity index (χ3v) is 7.05. The summed E-state index contributed by atoms with van der Waals surface area (Å²) >= 11 is 0. The molecule has 8 aromatic carbocycles. The summed E-state index contributed by atoms with van der Waals surface area (Å²) in [5.41, 5.74) is -10.4. The number of para-hydroxylation sites is 1. The highest BCUT2D eigenvalue weighted by Crippen LogP contribution is 2.46. The molecule has 0 radical (unpaired) electrons. The molecule has 1 aromatic heterocycles. The van der Waals surface area contributed by atoms with Crippen molar-refractivity contribution >= 4 is 49.8 Å². The average Bonchev–Trinajstić information content (AvgIpc) is 3.43. The van der Waals surface area contributed by atoms with Gasteiger partial charge in [-0.15, -0.1) is 0 Å². The second kappa shape index (κ2) is 11.8. The summed E-state index contributed by atoms with van der Waals surface area (Å²) in [7, 11) is 0. The van der Waals surface area contributed by atoms with Crippen molar-refractivity contribution in [3.8, 4) is 33.4 Å². The highest BCUT2D eigenvalue weighted by atomic mass is 16.3. The molecular weight excluding hydrogens is 583 g/mol. The van der Waals surface area contributed by atoms with E-state index in [4.69, 9.17) is 31.8 Å². The molecule has 2 nitrogen and oxygen atoms in total. The summed E-state index contributed by atoms with van der Waals surface area (Å²) < 4.78 is 283. The van der Waals surface area contributed by atoms with Gasteiger partial charge >= 0.3 is 0 Å². The van der Waals surface area contributed by atoms with E-state index in [1.165, 1.54) is 0 Å². The van der Waals surface area contributed by atoms with Crippen LogP contribution < -0.4 is 4.90 Å². The fraction of sp³-hybridized carbons (Fsp3) is 0. The van der Waals surface area contributed by atoms with Crippen LogP contribution in [0.2, 0.25) is 0 Å². The summed E-state index contributed by atoms with van der Waals surface area (Å²) in [5.74, 6) is 0. The monoisotopic (exact) mass is 644 g/mol. The average molecular weight is 645 g/mol. The first-order valence-electron chi connectivity index (χ1n) is 29.3. The standard InChI is InChI=1S/C46H31NO/c1-4-14-32(15-5-1)34-26-28-37(29-27-34)47(38-21-12-20-36(30-38)33-16-6-2-7-17-33)44-25-13-24-41-43-31-42(35-18-8-3-9-19-35)39-22-10-11-23-40(39)45(43)48-46(41)44/h1-31H/i1D,2D,3D,4D,5D,6D,7D,8D,9D,10D,11D,12D,13D,14D,15D,16D,17D,18D,19D,20D,21D,22D,23D,24D,25D,26D,27D,28D,29D,30D,31D. The predicted octanol–water partition coefficient (Wildman–Crippen LogP) is 13.2. The smallest absolute Gasteiger partial charge is 0.159 e. The summed E-state index contributed by atoms with van der Waals surface area (Å²) in [5, 5.41) is -2.84. The molecule has 1 heterocycles. The SMILES string of the molecule is [2H]c1c([2H])c([2H])c(-c2c([2H])c([2H])c(N(c3c([2H])c([2H])c([2H])c(-c4c([2H])c([2H])c([2H])c([2H])c4[2H])c3[2H])c3c([2H])c([2H])c([2H])c4c3oc3c5c([2H])c([2H])c([2H])c([2H])c5c(-c5c([2H])c([2H])c([2H])c([2H])c5[2H])c([2H])c34)c([2H])c2[2H])c([2H])c1[2H]. The van der Waals surface area contributed by atoms with Crippen LogP contribution >= 0.6 is 0 Å². The van der Waals surface area contributed by atoms with Gasteiger partial charge in [-0.2, -0.15) is 0 Å². The molecule has 0 atom stereocenters. The molecule has 0 aliphatic heterocycles. The highest BCUT2D eigenvalue weighted by molar-refractivity contribution is 6.21. The number of hydrogen-bond donors (Lipinski definition) is 0. The van der Waals surface area contributed by atoms with Crippen molar-refractivity contribution < 1.29 is 46.9 Å². The van der Waals surface area contributed by atoms with Crippen LogP contribution in [0.15, 0.2) is 192 Å². The van der Waals surface area contributed by atoms with Gasteiger partial charge in [0.25, 0.3) is 0 Å². The van der Waals surface area contributed by atoms with Crippen molar-refractivity contribution in [1.82, 2.24) is 0 Å². The largest absolute Gasteiger partial charge is 0.453 e. The number of anilines is 3. The molecule has 2 heteroatoms. The van der Waals surface area contributed by atoms with Crippen LogP contribution in [-0.2, 0) is 0 Å². The fourth-order valence-corrected chi connectivity index (χ4v) is 5.00. The molecule has 0 aliphatic carbocycles. The number of rotatable bonds is 6. The maximum Gasteiger partial charge on any atom is 0.159 e. The summed E-state index contributed by atoms with van der Waals surface area (Å²) in [6, 6.07) is -32.6. The normalized spacial score (nSPS) is 20.4. The van der Waals surface area contributed by atoms with Gasteiger partial charge < -0.3 is 9.32 Å². The summed E-state index contributed by atoms with van der Waals surface area (Å²) in [6.07, 6.45) is 0. The number of furan rings is 1. The van der Waals surface area contributed by atoms with Crippen LogP contribution in [-0.4, -0.2) is 0 Å². The van der Waals surface area contributed by atoms with E-state index in [2.05, 4.69) is 0 Å². The Balaban J connectivity index is 1.58. The van der Waals surface area contributed by atoms with Crippen LogP contribution in [0.4, 0.5) is 17.1 Å². The van der Waals surface area contributed by atoms with Crippen molar-refractivity contribution in [3.05, 3.63) is 187 Å². The van der Waals surface area contributed by atoms with Crippen molar-refractivity contribution in [2.75, 3.05) is 4.90 Å². The quantitative estimate of drug-likeness (QED) is 0.179. The van der Waals surface area contributed by atoms with Crippen LogP contribution in [0.1, 0.15) is 42.5 Å². The van der Waals surface area contributed by atoms with E-state index in [9.17, 15) is 15.1 Å². The van der Waals surface area contributed by atoms with Gasteiger partial charge in [-0.1, -0.05) is 151 Å². The molecule has 0 N–H and O–H groups in total. The number of benzene rings is 8. The number of hydrogen-bond acceptors (Lipinski definition) is 2. The van der Waals surface area contributed by atoms with E-state index in [1.54, 1.807) is 0 Å². The van der Waals surface area contributed by atoms with Crippen molar-refractivity contribution in [1.29, 1.82) is 0 Å². The van der Waals surface area contributed by atoms with Crippen LogP contribution in [0.5, 0.6) is 0 Å². The molecule has 48 heavy (non-hydrogen) atoms. The Hall–Kier alpha value is -6.38. The lowest BCUT2D eigenvalue weighted by atomic mass is 9.95. The first-order valence-corrected chi connectivity index (χ1v) is 13.8. The zero-order valence-electron chi connectivity index (χ0n) is 54.9. The van der Waals surface area contributed by atoms with E-state index >= 15 is 0 Å². The molecule has 9 rings (SSSR count). The number of fused-ring (bicyclic) bond motifs is 5. The molecule has 0 fully saturated rings. The zero-order valence-corrected chi connectivity index (χ0v) is 23.9. The Morgan fingerprint density at radius 1 is 0.354 bits per heavy atom. The molecule has 0 bridgehead atoms. The minimum absolute atomic E-state index is 0.357. The Morgan fingerprint density at radius 2 is 0.875 bits per heavy atom. The molecule has 226 valence electrons. The van der Waals surface area contributed by atoms with Crippen molar-refractivity contribution in [3.63, 3.8) is 0 Å². The van der Waals surface area contributed by atoms with Crippen molar-refractivity contribution in [2.45, 2.75) is 0 Å². The first kappa shape index (κ1) is 10.6. The molecule has 9 aromatic rings. The van der Waals surface area contributed by atoms with Gasteiger partial charge in [0.05, 0.1) is 48.2 Å². The van der Waals surface area contributed by atoms with Gasteiger partial charge in [-0.3, -0.25) is 0 Å². The fourth-order valence-electron chi connectivity index (χ4n) is 5.00. The van der Waals surface area contributed by atoms with E-state index in [0.717, 1.165) is 0 Å². The lowest BCUT2D eigenvalue weighted by Crippen LogP contribution is -2.10. The second-order valence-corrected chi connectivity index (χ2v) is 9.77. The third-order valence-electron chi connectivity index (χ3n) is 7.05. The summed E-state index contributed by atoms with van der Waals surface area (Å²) in [4.78, 5) is 0.357. The highest BCUT2D eigenvalue weighted by Gasteiger charge is 2.22. The lowest BCUT2D eigenvalue weighted by Gasteiger charge is -2.26. The van der Waals surface area contributed by atoms with E-state index in [1.807, 2.05) is 0 Å². The molecule has 0 saturated heterocycles. The lowest BCUT2D eigenvalue weighted by molar-refractivity contribution is 0.673. The first-order chi connectivity index (χ1) is 36.7. The molecule has 0 unspecified atom stereocenters. The molecule has 0 amide bonds. The van der Waals surface area contributed by atoms with Crippen LogP contribution in [0.25, 0.3) is 66.1 Å². The minimum Gasteiger partial charge on any atom is -0.453 e. The molecule has 0 aliphatic rings. The second-order valence-electron chi connectivity index (χ2n) is 9.77. The van der Waals surface area contributed by atoms with E-state index in [0.29, 0.717) is 4.90 Å². The molecular formula is C46H31NO. The Bertz CT molecular complexity index is 4220. The van der Waals surface area contributed by atoms with Gasteiger partial charge in [0.2, 0.25) is 0 Å². The predicted molar refractivity (Wildman–Crippen MR) is 202 cm³/mol. The minimum atomic E-state index is -1.29. The van der Waals surface area contributed by atoms with Gasteiger partial charge in [0.15, 0.2) is 5.58 Å². The van der Waals surface area contributed by atoms with Gasteiger partial charge in [0, 0.05) is 27.5 Å². The van der Waals surface area contributed by atoms with Crippen LogP contribution in [0, 0.1) is 0 Å². The Kier molecular flexibility index (Phi) is 2.59. The van der Waals surface area contributed by atoms with E-state index < -0.39 is 270 Å². The topological polar surface area (TPSA) is 16.4 Å². The zero-order chi connectivity index (χ0) is 58.8. The van der Waals surface area contributed by atoms with Crippen molar-refractivity contribution in [2.24, 2.45) is 0 Å². The van der Waals surface area contributed by atoms with E-state index in [-0.39, 0.29) is 0 Å². The number of nitrogens with zero attached hydrogens (tertiary/aromatic N) is 1. The summed E-state index contributed by atoms with van der Waals surface area (Å²) in [6.45, 7) is 0. The maximum absolute atomic E-state index is 9.79. The Labute approximate surface area is 323 Å². The molecule has 0 spiro atoms. The van der Waals surface area contributed by atoms with Gasteiger partial charge in [-0.25, -0.2) is 0 Å². The Morgan fingerprint density at radius 3 is 1.58 bits per heavy atom. The van der Waals surface area contributed by atoms with Crippen LogP contribution in [0.3, 0.4) is 0 Å². The molecule has 0 saturated carbocycles. The maximum atomic E-state index is 9.79. The van der Waals surface area contributed by atoms with Gasteiger partial charge in [-0.05, 0) is 75.0 Å².